The molecule has 1 aliphatic rings. The van der Waals surface area contributed by atoms with Crippen molar-refractivity contribution in [2.45, 2.75) is 18.8 Å². The predicted octanol–water partition coefficient (Wildman–Crippen LogP) is 5.66. The van der Waals surface area contributed by atoms with Gasteiger partial charge in [0.05, 0.1) is 17.5 Å². The number of oxazole rings is 1. The van der Waals surface area contributed by atoms with Crippen LogP contribution in [0.2, 0.25) is 0 Å². The van der Waals surface area contributed by atoms with Crippen molar-refractivity contribution in [3.63, 3.8) is 0 Å². The Kier molecular flexibility index (Phi) is 6.88. The number of nitrogens with zero attached hydrogens (tertiary/aromatic N) is 3. The number of para-hydroxylation sites is 1. The monoisotopic (exact) mass is 594 g/mol. The number of sulfonamides is 1. The molecule has 42 heavy (non-hydrogen) atoms. The number of anilines is 2. The summed E-state index contributed by atoms with van der Waals surface area (Å²) in [6, 6.07) is 13.8. The first-order chi connectivity index (χ1) is 20.0. The average Bonchev–Trinajstić information content (AvgIpc) is 3.58. The number of halogens is 2. The van der Waals surface area contributed by atoms with Crippen molar-refractivity contribution in [3.8, 4) is 11.3 Å². The van der Waals surface area contributed by atoms with Crippen LogP contribution in [-0.4, -0.2) is 52.7 Å². The van der Waals surface area contributed by atoms with Gasteiger partial charge in [0.1, 0.15) is 22.7 Å². The molecule has 0 radical (unpaired) electrons. The minimum Gasteiger partial charge on any atom is -0.455 e. The molecule has 12 heteroatoms. The SMILES string of the molecule is CNC(=O)c1c(-c2ccc(F)cc2)oc2cc(N(C)S(C)(=O)=O)c([C@@H]3CCCN(c4nc5c(F)cccc5o4)C3)cc12. The van der Waals surface area contributed by atoms with Gasteiger partial charge in [0.15, 0.2) is 11.4 Å². The van der Waals surface area contributed by atoms with Crippen LogP contribution in [-0.2, 0) is 10.0 Å². The minimum absolute atomic E-state index is 0.149. The summed E-state index contributed by atoms with van der Waals surface area (Å²) in [7, 11) is -0.700. The Labute approximate surface area is 240 Å². The number of piperidine rings is 1. The number of hydrogen-bond acceptors (Lipinski definition) is 7. The molecule has 0 aliphatic carbocycles. The summed E-state index contributed by atoms with van der Waals surface area (Å²) < 4.78 is 66.7. The predicted molar refractivity (Wildman–Crippen MR) is 156 cm³/mol. The maximum atomic E-state index is 14.3. The molecule has 1 saturated heterocycles. The molecular weight excluding hydrogens is 566 g/mol. The summed E-state index contributed by atoms with van der Waals surface area (Å²) in [5.41, 5.74) is 2.66. The first kappa shape index (κ1) is 27.7. The molecular formula is C30H28F2N4O5S. The lowest BCUT2D eigenvalue weighted by molar-refractivity contribution is 0.0964. The number of amides is 1. The lowest BCUT2D eigenvalue weighted by Crippen LogP contribution is -2.35. The Hall–Kier alpha value is -4.45. The standard InChI is InChI=1S/C30H28F2N4O5S/c1-33-29(37)26-21-14-20(18-6-5-13-36(16-18)30-34-27-22(32)7-4-8-24(27)41-30)23(35(2)42(3,38)39)15-25(21)40-28(26)17-9-11-19(31)12-10-17/h4,7-12,14-15,18H,5-6,13,16H2,1-3H3,(H,33,37)/t18-/m1/s1. The Morgan fingerprint density at radius 1 is 1.10 bits per heavy atom. The van der Waals surface area contributed by atoms with Gasteiger partial charge in [0, 0.05) is 50.1 Å². The van der Waals surface area contributed by atoms with E-state index in [2.05, 4.69) is 10.3 Å². The van der Waals surface area contributed by atoms with Crippen molar-refractivity contribution < 1.29 is 30.8 Å². The van der Waals surface area contributed by atoms with Crippen LogP contribution >= 0.6 is 0 Å². The number of benzene rings is 3. The highest BCUT2D eigenvalue weighted by Gasteiger charge is 2.31. The van der Waals surface area contributed by atoms with Gasteiger partial charge >= 0.3 is 0 Å². The van der Waals surface area contributed by atoms with Gasteiger partial charge in [-0.25, -0.2) is 17.2 Å². The van der Waals surface area contributed by atoms with Crippen LogP contribution in [0.15, 0.2) is 63.4 Å². The third-order valence-electron chi connectivity index (χ3n) is 7.72. The van der Waals surface area contributed by atoms with E-state index in [9.17, 15) is 22.0 Å². The first-order valence-electron chi connectivity index (χ1n) is 13.4. The molecule has 1 amide bonds. The first-order valence-corrected chi connectivity index (χ1v) is 15.2. The van der Waals surface area contributed by atoms with E-state index in [1.807, 2.05) is 4.90 Å². The largest absolute Gasteiger partial charge is 0.455 e. The number of furan rings is 1. The Bertz CT molecular complexity index is 1930. The van der Waals surface area contributed by atoms with Crippen LogP contribution in [0.3, 0.4) is 0 Å². The summed E-state index contributed by atoms with van der Waals surface area (Å²) in [5.74, 6) is -1.25. The number of fused-ring (bicyclic) bond motifs is 2. The zero-order valence-corrected chi connectivity index (χ0v) is 24.0. The fourth-order valence-electron chi connectivity index (χ4n) is 5.53. The molecule has 0 saturated carbocycles. The second kappa shape index (κ2) is 10.4. The number of aromatic nitrogens is 1. The molecule has 0 unspecified atom stereocenters. The van der Waals surface area contributed by atoms with Gasteiger partial charge in [-0.1, -0.05) is 6.07 Å². The number of rotatable bonds is 6. The van der Waals surface area contributed by atoms with Gasteiger partial charge < -0.3 is 19.1 Å². The summed E-state index contributed by atoms with van der Waals surface area (Å²) in [4.78, 5) is 19.5. The molecule has 1 atom stereocenters. The number of carbonyl (C=O) groups is 1. The summed E-state index contributed by atoms with van der Waals surface area (Å²) >= 11 is 0. The van der Waals surface area contributed by atoms with Gasteiger partial charge in [0.2, 0.25) is 10.0 Å². The van der Waals surface area contributed by atoms with Crippen LogP contribution in [0.4, 0.5) is 20.5 Å². The van der Waals surface area contributed by atoms with Crippen LogP contribution < -0.4 is 14.5 Å². The lowest BCUT2D eigenvalue weighted by Gasteiger charge is -2.34. The second-order valence-electron chi connectivity index (χ2n) is 10.4. The molecule has 1 N–H and O–H groups in total. The maximum Gasteiger partial charge on any atom is 0.298 e. The molecule has 218 valence electrons. The lowest BCUT2D eigenvalue weighted by atomic mass is 9.88. The highest BCUT2D eigenvalue weighted by Crippen LogP contribution is 2.42. The molecule has 3 heterocycles. The van der Waals surface area contributed by atoms with E-state index in [0.29, 0.717) is 46.5 Å². The van der Waals surface area contributed by atoms with E-state index in [0.717, 1.165) is 19.1 Å². The fourth-order valence-corrected chi connectivity index (χ4v) is 6.04. The van der Waals surface area contributed by atoms with E-state index in [-0.39, 0.29) is 28.8 Å². The summed E-state index contributed by atoms with van der Waals surface area (Å²) in [5, 5.41) is 3.14. The van der Waals surface area contributed by atoms with Crippen molar-refractivity contribution in [2.24, 2.45) is 0 Å². The van der Waals surface area contributed by atoms with E-state index in [1.165, 1.54) is 48.7 Å². The Balaban J connectivity index is 1.50. The highest BCUT2D eigenvalue weighted by molar-refractivity contribution is 7.92. The molecule has 1 fully saturated rings. The average molecular weight is 595 g/mol. The van der Waals surface area contributed by atoms with E-state index in [4.69, 9.17) is 8.83 Å². The third kappa shape index (κ3) is 4.85. The van der Waals surface area contributed by atoms with Gasteiger partial charge in [0.25, 0.3) is 11.9 Å². The molecule has 6 rings (SSSR count). The topological polar surface area (TPSA) is 109 Å². The van der Waals surface area contributed by atoms with Crippen LogP contribution in [0, 0.1) is 11.6 Å². The van der Waals surface area contributed by atoms with Crippen LogP contribution in [0.5, 0.6) is 0 Å². The van der Waals surface area contributed by atoms with Crippen molar-refractivity contribution in [3.05, 3.63) is 77.4 Å². The Morgan fingerprint density at radius 3 is 2.55 bits per heavy atom. The zero-order chi connectivity index (χ0) is 29.8. The molecule has 0 spiro atoms. The minimum atomic E-state index is -3.67. The maximum absolute atomic E-state index is 14.3. The van der Waals surface area contributed by atoms with Crippen molar-refractivity contribution >= 4 is 49.7 Å². The molecule has 0 bridgehead atoms. The fraction of sp³-hybridized carbons (Fsp3) is 0.267. The quantitative estimate of drug-likeness (QED) is 0.270. The van der Waals surface area contributed by atoms with Crippen molar-refractivity contribution in [1.82, 2.24) is 10.3 Å². The Morgan fingerprint density at radius 2 is 1.86 bits per heavy atom. The summed E-state index contributed by atoms with van der Waals surface area (Å²) in [6.07, 6.45) is 2.57. The van der Waals surface area contributed by atoms with E-state index < -0.39 is 27.6 Å². The van der Waals surface area contributed by atoms with E-state index >= 15 is 0 Å². The molecule has 9 nitrogen and oxygen atoms in total. The van der Waals surface area contributed by atoms with Gasteiger partial charge in [-0.3, -0.25) is 9.10 Å². The normalized spacial score (nSPS) is 15.8. The van der Waals surface area contributed by atoms with Gasteiger partial charge in [-0.2, -0.15) is 4.98 Å². The van der Waals surface area contributed by atoms with Crippen LogP contribution in [0.25, 0.3) is 33.4 Å². The molecule has 3 aromatic carbocycles. The van der Waals surface area contributed by atoms with E-state index in [1.54, 1.807) is 24.3 Å². The molecule has 5 aromatic rings. The van der Waals surface area contributed by atoms with Crippen LogP contribution in [0.1, 0.15) is 34.7 Å². The number of nitrogens with one attached hydrogen (secondary N) is 1. The summed E-state index contributed by atoms with van der Waals surface area (Å²) in [6.45, 7) is 1.04. The van der Waals surface area contributed by atoms with Gasteiger partial charge in [-0.15, -0.1) is 0 Å². The highest BCUT2D eigenvalue weighted by atomic mass is 32.2. The number of carbonyl (C=O) groups excluding carboxylic acids is 1. The zero-order valence-electron chi connectivity index (χ0n) is 23.1. The smallest absolute Gasteiger partial charge is 0.298 e. The van der Waals surface area contributed by atoms with Crippen molar-refractivity contribution in [1.29, 1.82) is 0 Å². The molecule has 2 aromatic heterocycles. The third-order valence-corrected chi connectivity index (χ3v) is 8.92. The van der Waals surface area contributed by atoms with Gasteiger partial charge in [-0.05, 0) is 60.9 Å². The van der Waals surface area contributed by atoms with Crippen molar-refractivity contribution in [2.75, 3.05) is 42.6 Å². The second-order valence-corrected chi connectivity index (χ2v) is 12.4. The molecule has 1 aliphatic heterocycles. The number of hydrogen-bond donors (Lipinski definition) is 1.